The van der Waals surface area contributed by atoms with Gasteiger partial charge in [-0.3, -0.25) is 0 Å². The van der Waals surface area contributed by atoms with Crippen LogP contribution >= 0.6 is 0 Å². The molecular formula is C8H10F2N2O2. The van der Waals surface area contributed by atoms with Gasteiger partial charge in [-0.2, -0.15) is 0 Å². The zero-order valence-corrected chi connectivity index (χ0v) is 7.75. The number of aromatic nitrogens is 1. The predicted octanol–water partition coefficient (Wildman–Crippen LogP) is 1.62. The fourth-order valence-electron chi connectivity index (χ4n) is 1.00. The first-order chi connectivity index (χ1) is 6.60. The van der Waals surface area contributed by atoms with Gasteiger partial charge in [-0.05, 0) is 6.07 Å². The van der Waals surface area contributed by atoms with Crippen molar-refractivity contribution >= 4 is 5.69 Å². The lowest BCUT2D eigenvalue weighted by Crippen LogP contribution is -2.02. The second kappa shape index (κ2) is 4.08. The molecule has 0 aliphatic heterocycles. The zero-order valence-electron chi connectivity index (χ0n) is 7.75. The molecule has 0 aromatic carbocycles. The zero-order chi connectivity index (χ0) is 10.7. The Morgan fingerprint density at radius 2 is 2.00 bits per heavy atom. The van der Waals surface area contributed by atoms with Gasteiger partial charge in [0, 0.05) is 0 Å². The van der Waals surface area contributed by atoms with Crippen LogP contribution in [-0.2, 0) is 0 Å². The van der Waals surface area contributed by atoms with Crippen molar-refractivity contribution in [1.29, 1.82) is 0 Å². The quantitative estimate of drug-likeness (QED) is 0.812. The van der Waals surface area contributed by atoms with Gasteiger partial charge in [0.2, 0.25) is 5.75 Å². The summed E-state index contributed by atoms with van der Waals surface area (Å²) < 4.78 is 34.2. The molecular weight excluding hydrogens is 194 g/mol. The molecule has 0 radical (unpaired) electrons. The summed E-state index contributed by atoms with van der Waals surface area (Å²) in [7, 11) is 2.66. The lowest BCUT2D eigenvalue weighted by molar-refractivity contribution is 0.144. The Kier molecular flexibility index (Phi) is 3.06. The third kappa shape index (κ3) is 1.84. The molecule has 0 aliphatic carbocycles. The highest BCUT2D eigenvalue weighted by Gasteiger charge is 2.16. The average molecular weight is 204 g/mol. The molecule has 0 amide bonds. The molecule has 0 aliphatic rings. The average Bonchev–Trinajstić information content (AvgIpc) is 2.16. The largest absolute Gasteiger partial charge is 0.490 e. The molecule has 0 unspecified atom stereocenters. The molecule has 0 fully saturated rings. The lowest BCUT2D eigenvalue weighted by Gasteiger charge is -2.10. The maximum Gasteiger partial charge on any atom is 0.280 e. The third-order valence-electron chi connectivity index (χ3n) is 1.61. The van der Waals surface area contributed by atoms with Crippen molar-refractivity contribution in [3.63, 3.8) is 0 Å². The van der Waals surface area contributed by atoms with Crippen molar-refractivity contribution in [2.75, 3.05) is 20.0 Å². The minimum Gasteiger partial charge on any atom is -0.490 e. The van der Waals surface area contributed by atoms with Gasteiger partial charge in [-0.1, -0.05) is 0 Å². The van der Waals surface area contributed by atoms with Crippen LogP contribution in [0.1, 0.15) is 12.1 Å². The van der Waals surface area contributed by atoms with E-state index >= 15 is 0 Å². The summed E-state index contributed by atoms with van der Waals surface area (Å²) in [6.45, 7) is 0. The molecule has 1 aromatic rings. The Hall–Kier alpha value is -1.59. The Morgan fingerprint density at radius 3 is 2.43 bits per heavy atom. The fourth-order valence-corrected chi connectivity index (χ4v) is 1.00. The van der Waals surface area contributed by atoms with E-state index in [1.165, 1.54) is 14.2 Å². The molecule has 4 nitrogen and oxygen atoms in total. The molecule has 0 spiro atoms. The van der Waals surface area contributed by atoms with Gasteiger partial charge in [-0.15, -0.1) is 0 Å². The van der Waals surface area contributed by atoms with Gasteiger partial charge in [0.1, 0.15) is 5.69 Å². The van der Waals surface area contributed by atoms with Crippen molar-refractivity contribution in [1.82, 2.24) is 4.98 Å². The maximum atomic E-state index is 12.3. The number of pyridine rings is 1. The van der Waals surface area contributed by atoms with Crippen LogP contribution in [-0.4, -0.2) is 19.2 Å². The lowest BCUT2D eigenvalue weighted by atomic mass is 10.3. The van der Waals surface area contributed by atoms with Crippen LogP contribution in [0.3, 0.4) is 0 Å². The second-order valence-electron chi connectivity index (χ2n) is 2.48. The van der Waals surface area contributed by atoms with Crippen molar-refractivity contribution in [2.24, 2.45) is 0 Å². The number of methoxy groups -OCH3 is 2. The van der Waals surface area contributed by atoms with Gasteiger partial charge in [0.25, 0.3) is 12.3 Å². The molecule has 1 rings (SSSR count). The topological polar surface area (TPSA) is 57.4 Å². The van der Waals surface area contributed by atoms with E-state index in [0.29, 0.717) is 0 Å². The second-order valence-corrected chi connectivity index (χ2v) is 2.48. The van der Waals surface area contributed by atoms with E-state index < -0.39 is 12.1 Å². The molecule has 0 bridgehead atoms. The number of anilines is 1. The number of halogens is 2. The number of rotatable bonds is 3. The molecule has 6 heteroatoms. The summed E-state index contributed by atoms with van der Waals surface area (Å²) in [6, 6.07) is 1.06. The van der Waals surface area contributed by atoms with E-state index in [1.54, 1.807) is 0 Å². The van der Waals surface area contributed by atoms with E-state index in [0.717, 1.165) is 6.07 Å². The summed E-state index contributed by atoms with van der Waals surface area (Å²) in [5.41, 5.74) is 5.12. The molecule has 14 heavy (non-hydrogen) atoms. The molecule has 1 aromatic heterocycles. The molecule has 78 valence electrons. The minimum absolute atomic E-state index is 0.0391. The number of hydrogen-bond acceptors (Lipinski definition) is 4. The van der Waals surface area contributed by atoms with Gasteiger partial charge in [0.05, 0.1) is 19.9 Å². The Morgan fingerprint density at radius 1 is 1.36 bits per heavy atom. The van der Waals surface area contributed by atoms with Crippen molar-refractivity contribution in [3.8, 4) is 11.6 Å². The number of nitrogens with zero attached hydrogens (tertiary/aromatic N) is 1. The van der Waals surface area contributed by atoms with Crippen molar-refractivity contribution in [3.05, 3.63) is 11.8 Å². The first-order valence-corrected chi connectivity index (χ1v) is 3.76. The highest BCUT2D eigenvalue weighted by Crippen LogP contribution is 2.34. The molecule has 0 saturated carbocycles. The van der Waals surface area contributed by atoms with E-state index in [2.05, 4.69) is 4.98 Å². The van der Waals surface area contributed by atoms with Gasteiger partial charge in [-0.25, -0.2) is 13.8 Å². The van der Waals surface area contributed by atoms with E-state index in [9.17, 15) is 8.78 Å². The number of ether oxygens (including phenoxy) is 2. The predicted molar refractivity (Wildman–Crippen MR) is 46.7 cm³/mol. The third-order valence-corrected chi connectivity index (χ3v) is 1.61. The van der Waals surface area contributed by atoms with Gasteiger partial charge in [0.15, 0.2) is 0 Å². The van der Waals surface area contributed by atoms with Crippen molar-refractivity contribution in [2.45, 2.75) is 6.43 Å². The Balaban J connectivity index is 3.24. The highest BCUT2D eigenvalue weighted by molar-refractivity contribution is 5.58. The maximum absolute atomic E-state index is 12.3. The number of hydrogen-bond donors (Lipinski definition) is 1. The van der Waals surface area contributed by atoms with Crippen LogP contribution in [0.25, 0.3) is 0 Å². The molecule has 1 heterocycles. The monoisotopic (exact) mass is 204 g/mol. The summed E-state index contributed by atoms with van der Waals surface area (Å²) in [5.74, 6) is 0.125. The van der Waals surface area contributed by atoms with Crippen LogP contribution < -0.4 is 15.2 Å². The van der Waals surface area contributed by atoms with Gasteiger partial charge >= 0.3 is 0 Å². The molecule has 0 atom stereocenters. The van der Waals surface area contributed by atoms with Crippen LogP contribution in [0, 0.1) is 0 Å². The van der Waals surface area contributed by atoms with Gasteiger partial charge < -0.3 is 15.2 Å². The van der Waals surface area contributed by atoms with Crippen LogP contribution in [0.2, 0.25) is 0 Å². The normalized spacial score (nSPS) is 10.4. The number of alkyl halides is 2. The van der Waals surface area contributed by atoms with E-state index in [4.69, 9.17) is 15.2 Å². The first-order valence-electron chi connectivity index (χ1n) is 3.76. The summed E-state index contributed by atoms with van der Waals surface area (Å²) in [4.78, 5) is 3.55. The smallest absolute Gasteiger partial charge is 0.280 e. The number of nitrogens with two attached hydrogens (primary N) is 1. The van der Waals surface area contributed by atoms with Crippen LogP contribution in [0.15, 0.2) is 6.07 Å². The molecule has 2 N–H and O–H groups in total. The molecule has 0 saturated heterocycles. The van der Waals surface area contributed by atoms with E-state index in [-0.39, 0.29) is 17.3 Å². The summed E-state index contributed by atoms with van der Waals surface area (Å²) >= 11 is 0. The highest BCUT2D eigenvalue weighted by atomic mass is 19.3. The minimum atomic E-state index is -2.68. The van der Waals surface area contributed by atoms with Crippen LogP contribution in [0.4, 0.5) is 14.5 Å². The summed E-state index contributed by atoms with van der Waals surface area (Å²) in [5, 5.41) is 0. The fraction of sp³-hybridized carbons (Fsp3) is 0.375. The Bertz CT molecular complexity index is 331. The summed E-state index contributed by atoms with van der Waals surface area (Å²) in [6.07, 6.45) is -2.68. The number of nitrogen functional groups attached to an aromatic ring is 1. The standard InChI is InChI=1S/C8H10F2N2O2/c1-13-6-4(11)3-5(7(9)10)12-8(6)14-2/h3,7H,1-2H3,(H2,11,12). The SMILES string of the molecule is COc1nc(C(F)F)cc(N)c1OC. The van der Waals surface area contributed by atoms with E-state index in [1.807, 2.05) is 0 Å². The van der Waals surface area contributed by atoms with Crippen LogP contribution in [0.5, 0.6) is 11.6 Å². The van der Waals surface area contributed by atoms with Crippen molar-refractivity contribution < 1.29 is 18.3 Å². The Labute approximate surface area is 79.6 Å². The first kappa shape index (κ1) is 10.5.